The molecule has 0 fully saturated rings. The van der Waals surface area contributed by atoms with Crippen molar-refractivity contribution in [3.05, 3.63) is 28.6 Å². The third kappa shape index (κ3) is 2.59. The first kappa shape index (κ1) is 14.6. The van der Waals surface area contributed by atoms with Gasteiger partial charge < -0.3 is 10.1 Å². The lowest BCUT2D eigenvalue weighted by Crippen LogP contribution is -2.27. The van der Waals surface area contributed by atoms with Gasteiger partial charge in [-0.05, 0) is 55.6 Å². The normalized spacial score (nSPS) is 19.0. The van der Waals surface area contributed by atoms with Crippen molar-refractivity contribution in [2.75, 3.05) is 6.61 Å². The second kappa shape index (κ2) is 5.13. The van der Waals surface area contributed by atoms with E-state index in [4.69, 9.17) is 4.98 Å². The number of nitrogens with zero attached hydrogens (tertiary/aromatic N) is 1. The average molecular weight is 286 g/mol. The highest BCUT2D eigenvalue weighted by molar-refractivity contribution is 5.81. The van der Waals surface area contributed by atoms with Crippen molar-refractivity contribution in [3.8, 4) is 0 Å². The Hall–Kier alpha value is -1.35. The van der Waals surface area contributed by atoms with Crippen LogP contribution in [0.2, 0.25) is 0 Å². The molecular weight excluding hydrogens is 260 g/mol. The van der Waals surface area contributed by atoms with Gasteiger partial charge >= 0.3 is 0 Å². The van der Waals surface area contributed by atoms with E-state index < -0.39 is 0 Å². The zero-order valence-corrected chi connectivity index (χ0v) is 13.6. The fourth-order valence-corrected chi connectivity index (χ4v) is 3.60. The molecule has 2 aromatic heterocycles. The van der Waals surface area contributed by atoms with Gasteiger partial charge in [0.2, 0.25) is 0 Å². The Labute approximate surface area is 126 Å². The Morgan fingerprint density at radius 1 is 1.38 bits per heavy atom. The number of aliphatic hydroxyl groups excluding tert-OH is 1. The Morgan fingerprint density at radius 2 is 2.14 bits per heavy atom. The second-order valence-corrected chi connectivity index (χ2v) is 7.50. The van der Waals surface area contributed by atoms with Crippen molar-refractivity contribution in [1.82, 2.24) is 9.97 Å². The molecule has 3 rings (SSSR count). The molecule has 1 atom stereocenters. The molecule has 2 heterocycles. The van der Waals surface area contributed by atoms with Crippen LogP contribution in [0.25, 0.3) is 11.0 Å². The van der Waals surface area contributed by atoms with E-state index in [-0.39, 0.29) is 6.61 Å². The van der Waals surface area contributed by atoms with Crippen LogP contribution in [0.15, 0.2) is 6.07 Å². The van der Waals surface area contributed by atoms with Crippen LogP contribution in [0.5, 0.6) is 0 Å². The van der Waals surface area contributed by atoms with Crippen molar-refractivity contribution in [3.63, 3.8) is 0 Å². The molecule has 3 nitrogen and oxygen atoms in total. The van der Waals surface area contributed by atoms with Crippen molar-refractivity contribution in [2.45, 2.75) is 53.4 Å². The molecule has 1 unspecified atom stereocenters. The molecule has 21 heavy (non-hydrogen) atoms. The molecule has 0 spiro atoms. The number of hydrogen-bond donors (Lipinski definition) is 2. The third-order valence-electron chi connectivity index (χ3n) is 5.03. The van der Waals surface area contributed by atoms with Gasteiger partial charge in [-0.25, -0.2) is 0 Å². The average Bonchev–Trinajstić information content (AvgIpc) is 2.71. The van der Waals surface area contributed by atoms with Crippen LogP contribution in [0.4, 0.5) is 0 Å². The maximum absolute atomic E-state index is 9.24. The SMILES string of the molecule is Cc1[nH]c2cc3c(nc2c1CCO)CCC(C(C)(C)C)C3. The Kier molecular flexibility index (Phi) is 3.56. The molecule has 0 saturated carbocycles. The molecule has 114 valence electrons. The molecule has 1 aliphatic rings. The number of H-pyrrole nitrogens is 1. The molecule has 2 aromatic rings. The molecule has 2 N–H and O–H groups in total. The van der Waals surface area contributed by atoms with Crippen molar-refractivity contribution < 1.29 is 5.11 Å². The maximum atomic E-state index is 9.24. The van der Waals surface area contributed by atoms with E-state index in [9.17, 15) is 5.11 Å². The minimum Gasteiger partial charge on any atom is -0.396 e. The molecule has 0 saturated heterocycles. The van der Waals surface area contributed by atoms with Gasteiger partial charge in [0.15, 0.2) is 0 Å². The van der Waals surface area contributed by atoms with Gasteiger partial charge in [-0.1, -0.05) is 20.8 Å². The van der Waals surface area contributed by atoms with Gasteiger partial charge in [-0.2, -0.15) is 0 Å². The van der Waals surface area contributed by atoms with Gasteiger partial charge in [0, 0.05) is 23.6 Å². The van der Waals surface area contributed by atoms with Crippen LogP contribution >= 0.6 is 0 Å². The lowest BCUT2D eigenvalue weighted by atomic mass is 9.71. The molecule has 1 aliphatic carbocycles. The number of fused-ring (bicyclic) bond motifs is 2. The summed E-state index contributed by atoms with van der Waals surface area (Å²) in [5.74, 6) is 0.734. The summed E-state index contributed by atoms with van der Waals surface area (Å²) >= 11 is 0. The van der Waals surface area contributed by atoms with E-state index in [1.165, 1.54) is 23.2 Å². The number of pyridine rings is 1. The van der Waals surface area contributed by atoms with Crippen molar-refractivity contribution in [1.29, 1.82) is 0 Å². The minimum atomic E-state index is 0.179. The van der Waals surface area contributed by atoms with E-state index in [1.807, 2.05) is 0 Å². The molecule has 0 radical (unpaired) electrons. The highest BCUT2D eigenvalue weighted by Crippen LogP contribution is 2.38. The van der Waals surface area contributed by atoms with Crippen LogP contribution in [0.3, 0.4) is 0 Å². The summed E-state index contributed by atoms with van der Waals surface area (Å²) in [4.78, 5) is 8.37. The third-order valence-corrected chi connectivity index (χ3v) is 5.03. The summed E-state index contributed by atoms with van der Waals surface area (Å²) in [5, 5.41) is 9.24. The van der Waals surface area contributed by atoms with Crippen LogP contribution in [0.1, 0.15) is 49.7 Å². The first-order chi connectivity index (χ1) is 9.90. The summed E-state index contributed by atoms with van der Waals surface area (Å²) in [6, 6.07) is 2.30. The van der Waals surface area contributed by atoms with Gasteiger partial charge in [0.25, 0.3) is 0 Å². The highest BCUT2D eigenvalue weighted by atomic mass is 16.2. The van der Waals surface area contributed by atoms with Gasteiger partial charge in [-0.15, -0.1) is 0 Å². The smallest absolute Gasteiger partial charge is 0.0917 e. The predicted octanol–water partition coefficient (Wildman–Crippen LogP) is 3.56. The summed E-state index contributed by atoms with van der Waals surface area (Å²) in [7, 11) is 0. The number of aromatic amines is 1. The van der Waals surface area contributed by atoms with Crippen LogP contribution in [0, 0.1) is 18.3 Å². The summed E-state index contributed by atoms with van der Waals surface area (Å²) in [6.45, 7) is 9.27. The largest absolute Gasteiger partial charge is 0.396 e. The number of aromatic nitrogens is 2. The van der Waals surface area contributed by atoms with Crippen LogP contribution in [-0.2, 0) is 19.3 Å². The Bertz CT molecular complexity index is 664. The zero-order valence-electron chi connectivity index (χ0n) is 13.6. The predicted molar refractivity (Wildman–Crippen MR) is 86.6 cm³/mol. The number of nitrogens with one attached hydrogen (secondary N) is 1. The monoisotopic (exact) mass is 286 g/mol. The van der Waals surface area contributed by atoms with E-state index in [0.29, 0.717) is 11.8 Å². The van der Waals surface area contributed by atoms with E-state index in [2.05, 4.69) is 38.7 Å². The maximum Gasteiger partial charge on any atom is 0.0917 e. The van der Waals surface area contributed by atoms with E-state index >= 15 is 0 Å². The van der Waals surface area contributed by atoms with Crippen LogP contribution < -0.4 is 0 Å². The Morgan fingerprint density at radius 3 is 2.81 bits per heavy atom. The van der Waals surface area contributed by atoms with E-state index in [1.54, 1.807) is 0 Å². The number of aryl methyl sites for hydroxylation is 2. The second-order valence-electron chi connectivity index (χ2n) is 7.50. The Balaban J connectivity index is 2.03. The fourth-order valence-electron chi connectivity index (χ4n) is 3.60. The molecule has 0 aromatic carbocycles. The van der Waals surface area contributed by atoms with E-state index in [0.717, 1.165) is 35.5 Å². The number of hydrogen-bond acceptors (Lipinski definition) is 2. The first-order valence-electron chi connectivity index (χ1n) is 8.01. The fraction of sp³-hybridized carbons (Fsp3) is 0.611. The molecule has 0 amide bonds. The standard InChI is InChI=1S/C18H26N2O/c1-11-14(7-8-21)17-16(19-11)10-12-9-13(18(2,3)4)5-6-15(12)20-17/h10,13,19,21H,5-9H2,1-4H3. The topological polar surface area (TPSA) is 48.9 Å². The number of aliphatic hydroxyl groups is 1. The lowest BCUT2D eigenvalue weighted by molar-refractivity contribution is 0.215. The summed E-state index contributed by atoms with van der Waals surface area (Å²) in [6.07, 6.45) is 4.13. The first-order valence-corrected chi connectivity index (χ1v) is 8.01. The van der Waals surface area contributed by atoms with Crippen molar-refractivity contribution in [2.24, 2.45) is 11.3 Å². The highest BCUT2D eigenvalue weighted by Gasteiger charge is 2.29. The zero-order chi connectivity index (χ0) is 15.2. The minimum absolute atomic E-state index is 0.179. The van der Waals surface area contributed by atoms with Crippen LogP contribution in [-0.4, -0.2) is 21.7 Å². The lowest BCUT2D eigenvalue weighted by Gasteiger charge is -2.34. The van der Waals surface area contributed by atoms with Gasteiger partial charge in [-0.3, -0.25) is 4.98 Å². The van der Waals surface area contributed by atoms with Gasteiger partial charge in [0.1, 0.15) is 0 Å². The van der Waals surface area contributed by atoms with Gasteiger partial charge in [0.05, 0.1) is 11.0 Å². The summed E-state index contributed by atoms with van der Waals surface area (Å²) in [5.41, 5.74) is 7.54. The quantitative estimate of drug-likeness (QED) is 0.887. The molecule has 0 aliphatic heterocycles. The molecular formula is C18H26N2O. The molecule has 0 bridgehead atoms. The summed E-state index contributed by atoms with van der Waals surface area (Å²) < 4.78 is 0. The molecule has 3 heteroatoms. The van der Waals surface area contributed by atoms with Crippen molar-refractivity contribution >= 4 is 11.0 Å². The number of rotatable bonds is 2.